The molecule has 7 heteroatoms. The number of carbonyl (C=O) groups is 4. The molecule has 1 unspecified atom stereocenters. The summed E-state index contributed by atoms with van der Waals surface area (Å²) < 4.78 is 0. The number of anilines is 1. The second-order valence-corrected chi connectivity index (χ2v) is 6.07. The van der Waals surface area contributed by atoms with E-state index in [-0.39, 0.29) is 35.9 Å². The Morgan fingerprint density at radius 3 is 2.67 bits per heavy atom. The zero-order valence-electron chi connectivity index (χ0n) is 14.0. The van der Waals surface area contributed by atoms with Crippen molar-refractivity contribution >= 4 is 29.7 Å². The molecular weight excluding hydrogens is 310 g/mol. The average molecular weight is 331 g/mol. The van der Waals surface area contributed by atoms with Gasteiger partial charge in [-0.25, -0.2) is 0 Å². The Balaban J connectivity index is 2.35. The topological polar surface area (TPSA) is 95.6 Å². The van der Waals surface area contributed by atoms with Gasteiger partial charge in [-0.1, -0.05) is 12.1 Å². The standard InChI is InChI=1S/C17H21N3O4/c1-10(2)18-12-6-4-5-11(9-21)15(12)17(24)20(3)13-7-8-14(22)19-16(13)23/h4-6,9-10,13,18H,7-8H2,1-3H3,(H,19,22,23). The van der Waals surface area contributed by atoms with Gasteiger partial charge in [0.05, 0.1) is 5.56 Å². The van der Waals surface area contributed by atoms with Crippen molar-refractivity contribution in [3.63, 3.8) is 0 Å². The number of amides is 3. The average Bonchev–Trinajstić information content (AvgIpc) is 2.52. The molecule has 2 N–H and O–H groups in total. The lowest BCUT2D eigenvalue weighted by atomic mass is 10.0. The van der Waals surface area contributed by atoms with Crippen LogP contribution in [-0.4, -0.2) is 48.0 Å². The summed E-state index contributed by atoms with van der Waals surface area (Å²) in [5.41, 5.74) is 1.02. The highest BCUT2D eigenvalue weighted by Crippen LogP contribution is 2.23. The van der Waals surface area contributed by atoms with E-state index in [9.17, 15) is 19.2 Å². The van der Waals surface area contributed by atoms with Gasteiger partial charge in [0.2, 0.25) is 11.8 Å². The highest BCUT2D eigenvalue weighted by molar-refractivity contribution is 6.08. The van der Waals surface area contributed by atoms with Crippen LogP contribution in [0.25, 0.3) is 0 Å². The normalized spacial score (nSPS) is 17.4. The summed E-state index contributed by atoms with van der Waals surface area (Å²) in [7, 11) is 1.50. The van der Waals surface area contributed by atoms with Crippen LogP contribution in [-0.2, 0) is 9.59 Å². The van der Waals surface area contributed by atoms with E-state index in [1.54, 1.807) is 18.2 Å². The van der Waals surface area contributed by atoms with Crippen LogP contribution in [0.2, 0.25) is 0 Å². The third-order valence-corrected chi connectivity index (χ3v) is 3.88. The maximum absolute atomic E-state index is 12.9. The Labute approximate surface area is 140 Å². The predicted octanol–water partition coefficient (Wildman–Crippen LogP) is 1.20. The number of nitrogens with one attached hydrogen (secondary N) is 2. The number of benzene rings is 1. The Bertz CT molecular complexity index is 684. The molecular formula is C17H21N3O4. The molecule has 1 heterocycles. The molecule has 1 aromatic rings. The van der Waals surface area contributed by atoms with Gasteiger partial charge in [0.25, 0.3) is 5.91 Å². The monoisotopic (exact) mass is 331 g/mol. The van der Waals surface area contributed by atoms with E-state index in [2.05, 4.69) is 10.6 Å². The molecule has 24 heavy (non-hydrogen) atoms. The summed E-state index contributed by atoms with van der Waals surface area (Å²) in [6, 6.07) is 4.31. The van der Waals surface area contributed by atoms with Gasteiger partial charge in [0.15, 0.2) is 6.29 Å². The first-order chi connectivity index (χ1) is 11.3. The minimum Gasteiger partial charge on any atom is -0.382 e. The molecule has 1 fully saturated rings. The van der Waals surface area contributed by atoms with Gasteiger partial charge in [-0.05, 0) is 26.3 Å². The van der Waals surface area contributed by atoms with Gasteiger partial charge < -0.3 is 10.2 Å². The third kappa shape index (κ3) is 3.61. The summed E-state index contributed by atoms with van der Waals surface area (Å²) in [4.78, 5) is 48.8. The largest absolute Gasteiger partial charge is 0.382 e. The van der Waals surface area contributed by atoms with E-state index >= 15 is 0 Å². The minimum absolute atomic E-state index is 0.0689. The minimum atomic E-state index is -0.734. The fourth-order valence-corrected chi connectivity index (χ4v) is 2.71. The first-order valence-corrected chi connectivity index (χ1v) is 7.80. The second kappa shape index (κ2) is 7.25. The molecule has 3 amide bonds. The molecule has 0 bridgehead atoms. The van der Waals surface area contributed by atoms with Crippen molar-refractivity contribution < 1.29 is 19.2 Å². The zero-order valence-corrected chi connectivity index (χ0v) is 14.0. The Morgan fingerprint density at radius 1 is 1.38 bits per heavy atom. The molecule has 7 nitrogen and oxygen atoms in total. The quantitative estimate of drug-likeness (QED) is 0.624. The number of hydrogen-bond donors (Lipinski definition) is 2. The first-order valence-electron chi connectivity index (χ1n) is 7.80. The predicted molar refractivity (Wildman–Crippen MR) is 88.9 cm³/mol. The number of aldehydes is 1. The highest BCUT2D eigenvalue weighted by atomic mass is 16.2. The molecule has 0 saturated carbocycles. The maximum atomic E-state index is 12.9. The molecule has 1 aromatic carbocycles. The van der Waals surface area contributed by atoms with Crippen molar-refractivity contribution in [2.45, 2.75) is 38.8 Å². The van der Waals surface area contributed by atoms with E-state index in [1.165, 1.54) is 11.9 Å². The smallest absolute Gasteiger partial charge is 0.257 e. The van der Waals surface area contributed by atoms with E-state index in [0.717, 1.165) is 0 Å². The number of hydrogen-bond acceptors (Lipinski definition) is 5. The van der Waals surface area contributed by atoms with Crippen molar-refractivity contribution in [3.05, 3.63) is 29.3 Å². The second-order valence-electron chi connectivity index (χ2n) is 6.07. The summed E-state index contributed by atoms with van der Waals surface area (Å²) in [5.74, 6) is -1.27. The summed E-state index contributed by atoms with van der Waals surface area (Å²) >= 11 is 0. The van der Waals surface area contributed by atoms with Crippen LogP contribution in [0, 0.1) is 0 Å². The maximum Gasteiger partial charge on any atom is 0.257 e. The molecule has 1 aliphatic heterocycles. The molecule has 0 aromatic heterocycles. The SMILES string of the molecule is CC(C)Nc1cccc(C=O)c1C(=O)N(C)C1CCC(=O)NC1=O. The van der Waals surface area contributed by atoms with Gasteiger partial charge >= 0.3 is 0 Å². The molecule has 2 rings (SSSR count). The number of piperidine rings is 1. The van der Waals surface area contributed by atoms with Crippen LogP contribution in [0.5, 0.6) is 0 Å². The lowest BCUT2D eigenvalue weighted by Crippen LogP contribution is -2.53. The summed E-state index contributed by atoms with van der Waals surface area (Å²) in [6.07, 6.45) is 1.07. The van der Waals surface area contributed by atoms with Crippen molar-refractivity contribution in [2.24, 2.45) is 0 Å². The summed E-state index contributed by atoms with van der Waals surface area (Å²) in [6.45, 7) is 3.84. The van der Waals surface area contributed by atoms with Gasteiger partial charge in [-0.2, -0.15) is 0 Å². The Kier molecular flexibility index (Phi) is 5.33. The number of nitrogens with zero attached hydrogens (tertiary/aromatic N) is 1. The fourth-order valence-electron chi connectivity index (χ4n) is 2.71. The van der Waals surface area contributed by atoms with Crippen molar-refractivity contribution in [1.29, 1.82) is 0 Å². The van der Waals surface area contributed by atoms with Gasteiger partial charge in [0.1, 0.15) is 6.04 Å². The lowest BCUT2D eigenvalue weighted by Gasteiger charge is -2.30. The highest BCUT2D eigenvalue weighted by Gasteiger charge is 2.34. The van der Waals surface area contributed by atoms with Crippen LogP contribution in [0.3, 0.4) is 0 Å². The lowest BCUT2D eigenvalue weighted by molar-refractivity contribution is -0.136. The van der Waals surface area contributed by atoms with E-state index < -0.39 is 17.9 Å². The number of likely N-dealkylation sites (N-methyl/N-ethyl adjacent to an activating group) is 1. The van der Waals surface area contributed by atoms with Gasteiger partial charge in [-0.3, -0.25) is 24.5 Å². The number of imide groups is 1. The Morgan fingerprint density at radius 2 is 2.08 bits per heavy atom. The van der Waals surface area contributed by atoms with Crippen LogP contribution in [0.15, 0.2) is 18.2 Å². The Hall–Kier alpha value is -2.70. The van der Waals surface area contributed by atoms with E-state index in [4.69, 9.17) is 0 Å². The van der Waals surface area contributed by atoms with Crippen LogP contribution in [0.1, 0.15) is 47.4 Å². The molecule has 128 valence electrons. The molecule has 0 aliphatic carbocycles. The fraction of sp³-hybridized carbons (Fsp3) is 0.412. The zero-order chi connectivity index (χ0) is 17.9. The van der Waals surface area contributed by atoms with E-state index in [1.807, 2.05) is 13.8 Å². The van der Waals surface area contributed by atoms with Crippen molar-refractivity contribution in [2.75, 3.05) is 12.4 Å². The van der Waals surface area contributed by atoms with E-state index in [0.29, 0.717) is 12.0 Å². The summed E-state index contributed by atoms with van der Waals surface area (Å²) in [5, 5.41) is 5.38. The number of rotatable bonds is 5. The van der Waals surface area contributed by atoms with Crippen molar-refractivity contribution in [1.82, 2.24) is 10.2 Å². The molecule has 1 saturated heterocycles. The molecule has 1 aliphatic rings. The van der Waals surface area contributed by atoms with Gasteiger partial charge in [0, 0.05) is 30.8 Å². The van der Waals surface area contributed by atoms with Crippen LogP contribution in [0.4, 0.5) is 5.69 Å². The van der Waals surface area contributed by atoms with Crippen LogP contribution >= 0.6 is 0 Å². The van der Waals surface area contributed by atoms with Gasteiger partial charge in [-0.15, -0.1) is 0 Å². The third-order valence-electron chi connectivity index (χ3n) is 3.88. The van der Waals surface area contributed by atoms with Crippen LogP contribution < -0.4 is 10.6 Å². The number of carbonyl (C=O) groups excluding carboxylic acids is 4. The van der Waals surface area contributed by atoms with Crippen molar-refractivity contribution in [3.8, 4) is 0 Å². The molecule has 0 radical (unpaired) electrons. The molecule has 0 spiro atoms. The first kappa shape index (κ1) is 17.7. The molecule has 1 atom stereocenters.